The number of carbonyl (C=O) groups excluding carboxylic acids is 1. The number of aryl methyl sites for hydroxylation is 1. The number of aromatic carboxylic acids is 1. The van der Waals surface area contributed by atoms with Gasteiger partial charge in [0.15, 0.2) is 0 Å². The van der Waals surface area contributed by atoms with E-state index in [1.165, 1.54) is 12.1 Å². The van der Waals surface area contributed by atoms with E-state index in [-0.39, 0.29) is 16.9 Å². The van der Waals surface area contributed by atoms with Crippen molar-refractivity contribution < 1.29 is 14.8 Å². The van der Waals surface area contributed by atoms with Gasteiger partial charge < -0.3 is 15.2 Å². The van der Waals surface area contributed by atoms with E-state index in [2.05, 4.69) is 5.32 Å². The Kier molecular flexibility index (Phi) is 3.65. The third-order valence-corrected chi connectivity index (χ3v) is 2.73. The monoisotopic (exact) mass is 271 g/mol. The molecule has 2 aromatic rings. The normalized spacial score (nSPS) is 10.1. The van der Waals surface area contributed by atoms with Crippen molar-refractivity contribution in [2.45, 2.75) is 6.92 Å². The van der Waals surface area contributed by atoms with Gasteiger partial charge in [-0.25, -0.2) is 0 Å². The zero-order valence-corrected chi connectivity index (χ0v) is 10.6. The summed E-state index contributed by atoms with van der Waals surface area (Å²) >= 11 is 0. The molecule has 20 heavy (non-hydrogen) atoms. The standard InChI is InChI=1S/C14H12N2O4/c1-9-3-2-4-11(7-9)15-12-6-5-10(14(17)18)8-13(12)16(19)20/h2-8,15H,1H3,(H,17,18)/p-1. The molecule has 0 aliphatic heterocycles. The Morgan fingerprint density at radius 1 is 1.20 bits per heavy atom. The second-order valence-corrected chi connectivity index (χ2v) is 4.27. The molecule has 6 heteroatoms. The molecule has 0 saturated carbocycles. The van der Waals surface area contributed by atoms with Gasteiger partial charge in [-0.1, -0.05) is 18.2 Å². The van der Waals surface area contributed by atoms with Gasteiger partial charge in [-0.05, 0) is 30.7 Å². The van der Waals surface area contributed by atoms with E-state index in [4.69, 9.17) is 0 Å². The van der Waals surface area contributed by atoms with Crippen LogP contribution in [-0.2, 0) is 0 Å². The molecule has 0 aliphatic carbocycles. The van der Waals surface area contributed by atoms with E-state index in [1.54, 1.807) is 6.07 Å². The lowest BCUT2D eigenvalue weighted by Gasteiger charge is -2.09. The third-order valence-electron chi connectivity index (χ3n) is 2.73. The number of benzene rings is 2. The van der Waals surface area contributed by atoms with Crippen molar-refractivity contribution >= 4 is 23.0 Å². The second-order valence-electron chi connectivity index (χ2n) is 4.27. The molecule has 0 radical (unpaired) electrons. The van der Waals surface area contributed by atoms with E-state index in [1.807, 2.05) is 25.1 Å². The minimum absolute atomic E-state index is 0.227. The van der Waals surface area contributed by atoms with Crippen molar-refractivity contribution in [1.82, 2.24) is 0 Å². The first-order valence-corrected chi connectivity index (χ1v) is 5.81. The minimum atomic E-state index is -1.45. The van der Waals surface area contributed by atoms with Crippen LogP contribution < -0.4 is 10.4 Å². The Balaban J connectivity index is 2.41. The fourth-order valence-electron chi connectivity index (χ4n) is 1.79. The van der Waals surface area contributed by atoms with Crippen molar-refractivity contribution in [3.63, 3.8) is 0 Å². The number of hydrogen-bond donors (Lipinski definition) is 1. The average Bonchev–Trinajstić information content (AvgIpc) is 2.38. The smallest absolute Gasteiger partial charge is 0.293 e. The molecule has 102 valence electrons. The molecule has 0 unspecified atom stereocenters. The van der Waals surface area contributed by atoms with Gasteiger partial charge in [-0.3, -0.25) is 10.1 Å². The number of carbonyl (C=O) groups is 1. The van der Waals surface area contributed by atoms with Crippen LogP contribution in [0, 0.1) is 17.0 Å². The van der Waals surface area contributed by atoms with E-state index >= 15 is 0 Å². The number of nitrogens with zero attached hydrogens (tertiary/aromatic N) is 1. The third kappa shape index (κ3) is 2.92. The molecule has 2 rings (SSSR count). The van der Waals surface area contributed by atoms with Crippen LogP contribution in [0.4, 0.5) is 17.1 Å². The SMILES string of the molecule is Cc1cccc(Nc2ccc(C(=O)[O-])cc2[N+](=O)[O-])c1. The summed E-state index contributed by atoms with van der Waals surface area (Å²) in [6.07, 6.45) is 0. The molecule has 0 heterocycles. The van der Waals surface area contributed by atoms with E-state index in [9.17, 15) is 20.0 Å². The van der Waals surface area contributed by atoms with Crippen LogP contribution in [0.1, 0.15) is 15.9 Å². The van der Waals surface area contributed by atoms with Crippen molar-refractivity contribution in [2.75, 3.05) is 5.32 Å². The predicted octanol–water partition coefficient (Wildman–Crippen LogP) is 2.01. The Morgan fingerprint density at radius 2 is 1.95 bits per heavy atom. The number of carboxylic acids is 1. The highest BCUT2D eigenvalue weighted by Gasteiger charge is 2.15. The first-order chi connectivity index (χ1) is 9.47. The fraction of sp³-hybridized carbons (Fsp3) is 0.0714. The van der Waals surface area contributed by atoms with Crippen molar-refractivity contribution in [1.29, 1.82) is 0 Å². The molecule has 0 fully saturated rings. The maximum absolute atomic E-state index is 11.0. The van der Waals surface area contributed by atoms with Gasteiger partial charge in [0.05, 0.1) is 10.9 Å². The molecule has 0 amide bonds. The van der Waals surface area contributed by atoms with Gasteiger partial charge in [-0.15, -0.1) is 0 Å². The number of hydrogen-bond acceptors (Lipinski definition) is 5. The average molecular weight is 271 g/mol. The highest BCUT2D eigenvalue weighted by Crippen LogP contribution is 2.28. The zero-order valence-electron chi connectivity index (χ0n) is 10.6. The zero-order chi connectivity index (χ0) is 14.7. The summed E-state index contributed by atoms with van der Waals surface area (Å²) in [6.45, 7) is 1.90. The molecule has 0 bridgehead atoms. The molecule has 0 saturated heterocycles. The summed E-state index contributed by atoms with van der Waals surface area (Å²) in [6, 6.07) is 10.9. The largest absolute Gasteiger partial charge is 0.545 e. The van der Waals surface area contributed by atoms with Gasteiger partial charge in [-0.2, -0.15) is 0 Å². The van der Waals surface area contributed by atoms with Gasteiger partial charge in [0, 0.05) is 17.3 Å². The number of nitro benzene ring substituents is 1. The molecular formula is C14H11N2O4-. The number of nitro groups is 1. The highest BCUT2D eigenvalue weighted by molar-refractivity contribution is 5.88. The lowest BCUT2D eigenvalue weighted by atomic mass is 10.1. The van der Waals surface area contributed by atoms with Crippen LogP contribution in [-0.4, -0.2) is 10.9 Å². The van der Waals surface area contributed by atoms with Crippen LogP contribution >= 0.6 is 0 Å². The van der Waals surface area contributed by atoms with Crippen LogP contribution in [0.15, 0.2) is 42.5 Å². The maximum Gasteiger partial charge on any atom is 0.293 e. The Hall–Kier alpha value is -2.89. The van der Waals surface area contributed by atoms with Gasteiger partial charge in [0.2, 0.25) is 0 Å². The molecule has 0 atom stereocenters. The van der Waals surface area contributed by atoms with E-state index in [0.29, 0.717) is 5.69 Å². The molecule has 6 nitrogen and oxygen atoms in total. The summed E-state index contributed by atoms with van der Waals surface area (Å²) in [7, 11) is 0. The van der Waals surface area contributed by atoms with Crippen molar-refractivity contribution in [3.05, 3.63) is 63.7 Å². The van der Waals surface area contributed by atoms with Crippen molar-refractivity contribution in [2.24, 2.45) is 0 Å². The topological polar surface area (TPSA) is 95.3 Å². The van der Waals surface area contributed by atoms with Crippen molar-refractivity contribution in [3.8, 4) is 0 Å². The molecule has 1 N–H and O–H groups in total. The summed E-state index contributed by atoms with van der Waals surface area (Å²) in [4.78, 5) is 21.1. The molecule has 0 spiro atoms. The number of nitrogens with one attached hydrogen (secondary N) is 1. The summed E-state index contributed by atoms with van der Waals surface area (Å²) in [5.74, 6) is -1.45. The molecule has 0 aromatic heterocycles. The fourth-order valence-corrected chi connectivity index (χ4v) is 1.79. The number of carboxylic acid groups (broad SMARTS) is 1. The van der Waals surface area contributed by atoms with Gasteiger partial charge >= 0.3 is 0 Å². The van der Waals surface area contributed by atoms with E-state index < -0.39 is 10.9 Å². The Labute approximate surface area is 114 Å². The Bertz CT molecular complexity index is 683. The predicted molar refractivity (Wildman–Crippen MR) is 71.9 cm³/mol. The number of anilines is 2. The lowest BCUT2D eigenvalue weighted by molar-refractivity contribution is -0.384. The summed E-state index contributed by atoms with van der Waals surface area (Å²) < 4.78 is 0. The molecular weight excluding hydrogens is 260 g/mol. The number of rotatable bonds is 4. The minimum Gasteiger partial charge on any atom is -0.545 e. The first-order valence-electron chi connectivity index (χ1n) is 5.81. The van der Waals surface area contributed by atoms with Crippen LogP contribution in [0.25, 0.3) is 0 Å². The van der Waals surface area contributed by atoms with Gasteiger partial charge in [0.25, 0.3) is 5.69 Å². The van der Waals surface area contributed by atoms with Gasteiger partial charge in [0.1, 0.15) is 5.69 Å². The highest BCUT2D eigenvalue weighted by atomic mass is 16.6. The quantitative estimate of drug-likeness (QED) is 0.677. The summed E-state index contributed by atoms with van der Waals surface area (Å²) in [5.41, 5.74) is 1.38. The van der Waals surface area contributed by atoms with Crippen LogP contribution in [0.5, 0.6) is 0 Å². The summed E-state index contributed by atoms with van der Waals surface area (Å²) in [5, 5.41) is 24.6. The Morgan fingerprint density at radius 3 is 2.55 bits per heavy atom. The molecule has 2 aromatic carbocycles. The lowest BCUT2D eigenvalue weighted by Crippen LogP contribution is -2.22. The first kappa shape index (κ1) is 13.5. The molecule has 0 aliphatic rings. The van der Waals surface area contributed by atoms with E-state index in [0.717, 1.165) is 11.6 Å². The van der Waals surface area contributed by atoms with Crippen LogP contribution in [0.3, 0.4) is 0 Å². The second kappa shape index (κ2) is 5.40. The maximum atomic E-state index is 11.0. The van der Waals surface area contributed by atoms with Crippen LogP contribution in [0.2, 0.25) is 0 Å².